The monoisotopic (exact) mass is 281 g/mol. The van der Waals surface area contributed by atoms with Crippen LogP contribution < -0.4 is 5.11 Å². The molecule has 0 amide bonds. The minimum Gasteiger partial charge on any atom is -0.545 e. The number of carboxylic acids is 1. The van der Waals surface area contributed by atoms with E-state index in [1.165, 1.54) is 13.8 Å². The largest absolute Gasteiger partial charge is 0.545 e. The summed E-state index contributed by atoms with van der Waals surface area (Å²) in [5, 5.41) is 8.83. The molecule has 0 saturated heterocycles. The molecule has 1 unspecified atom stereocenters. The molecule has 108 valence electrons. The SMILES string of the molecule is C=C(C)C(=O)[O-].CC(CC[N+](C)(C)C)S(=O)(=O)O. The van der Waals surface area contributed by atoms with Gasteiger partial charge in [0.2, 0.25) is 0 Å². The maximum atomic E-state index is 10.6. The average Bonchev–Trinajstić information content (AvgIpc) is 2.12. The Morgan fingerprint density at radius 1 is 1.39 bits per heavy atom. The molecule has 0 aromatic heterocycles. The summed E-state index contributed by atoms with van der Waals surface area (Å²) in [5.74, 6) is -1.19. The van der Waals surface area contributed by atoms with Crippen molar-refractivity contribution in [2.45, 2.75) is 25.5 Å². The maximum Gasteiger partial charge on any atom is 0.267 e. The van der Waals surface area contributed by atoms with Gasteiger partial charge in [-0.15, -0.1) is 0 Å². The Morgan fingerprint density at radius 3 is 1.89 bits per heavy atom. The van der Waals surface area contributed by atoms with Crippen LogP contribution in [-0.2, 0) is 14.9 Å². The van der Waals surface area contributed by atoms with Crippen molar-refractivity contribution >= 4 is 16.1 Å². The molecule has 0 radical (unpaired) electrons. The number of carboxylic acid groups (broad SMARTS) is 1. The quantitative estimate of drug-likeness (QED) is 0.423. The van der Waals surface area contributed by atoms with Gasteiger partial charge >= 0.3 is 0 Å². The topological polar surface area (TPSA) is 94.5 Å². The van der Waals surface area contributed by atoms with Crippen LogP contribution in [0.3, 0.4) is 0 Å². The minimum atomic E-state index is -3.84. The van der Waals surface area contributed by atoms with Gasteiger partial charge in [0.05, 0.1) is 38.9 Å². The van der Waals surface area contributed by atoms with E-state index in [0.29, 0.717) is 10.9 Å². The van der Waals surface area contributed by atoms with E-state index in [-0.39, 0.29) is 5.57 Å². The number of aliphatic carboxylic acids is 1. The van der Waals surface area contributed by atoms with Crippen LogP contribution in [0.1, 0.15) is 20.3 Å². The highest BCUT2D eigenvalue weighted by molar-refractivity contribution is 7.86. The van der Waals surface area contributed by atoms with E-state index >= 15 is 0 Å². The summed E-state index contributed by atoms with van der Waals surface area (Å²) in [6, 6.07) is 0. The molecule has 18 heavy (non-hydrogen) atoms. The Labute approximate surface area is 109 Å². The summed E-state index contributed by atoms with van der Waals surface area (Å²) in [6.07, 6.45) is 0.488. The fraction of sp³-hybridized carbons (Fsp3) is 0.727. The number of hydrogen-bond acceptors (Lipinski definition) is 4. The van der Waals surface area contributed by atoms with Crippen LogP contribution in [0.2, 0.25) is 0 Å². The van der Waals surface area contributed by atoms with E-state index in [0.717, 1.165) is 6.54 Å². The molecule has 1 N–H and O–H groups in total. The Balaban J connectivity index is 0. The Morgan fingerprint density at radius 2 is 1.72 bits per heavy atom. The lowest BCUT2D eigenvalue weighted by molar-refractivity contribution is -0.870. The molecule has 0 bridgehead atoms. The predicted molar refractivity (Wildman–Crippen MR) is 68.3 cm³/mol. The minimum absolute atomic E-state index is 0.0648. The molecular formula is C11H23NO5S. The van der Waals surface area contributed by atoms with Crippen LogP contribution in [0.15, 0.2) is 12.2 Å². The predicted octanol–water partition coefficient (Wildman–Crippen LogP) is -0.329. The lowest BCUT2D eigenvalue weighted by Crippen LogP contribution is -2.37. The van der Waals surface area contributed by atoms with Crippen LogP contribution >= 0.6 is 0 Å². The lowest BCUT2D eigenvalue weighted by Gasteiger charge is -2.24. The molecule has 0 saturated carbocycles. The fourth-order valence-electron chi connectivity index (χ4n) is 0.718. The smallest absolute Gasteiger partial charge is 0.267 e. The summed E-state index contributed by atoms with van der Waals surface area (Å²) in [6.45, 7) is 6.73. The van der Waals surface area contributed by atoms with Crippen molar-refractivity contribution in [2.75, 3.05) is 27.7 Å². The second-order valence-electron chi connectivity index (χ2n) is 5.20. The van der Waals surface area contributed by atoms with Gasteiger partial charge in [-0.2, -0.15) is 8.42 Å². The summed E-state index contributed by atoms with van der Waals surface area (Å²) >= 11 is 0. The Kier molecular flexibility index (Phi) is 8.09. The molecule has 1 atom stereocenters. The van der Waals surface area contributed by atoms with Gasteiger partial charge in [-0.05, 0) is 19.4 Å². The van der Waals surface area contributed by atoms with Crippen molar-refractivity contribution in [3.8, 4) is 0 Å². The molecule has 0 aromatic rings. The molecule has 0 heterocycles. The molecule has 0 aliphatic rings. The number of rotatable bonds is 5. The third-order valence-corrected chi connectivity index (χ3v) is 3.32. The van der Waals surface area contributed by atoms with Crippen molar-refractivity contribution in [1.29, 1.82) is 0 Å². The van der Waals surface area contributed by atoms with Crippen molar-refractivity contribution < 1.29 is 27.4 Å². The van der Waals surface area contributed by atoms with Gasteiger partial charge in [-0.1, -0.05) is 6.58 Å². The van der Waals surface area contributed by atoms with Crippen molar-refractivity contribution in [3.05, 3.63) is 12.2 Å². The molecule has 0 rings (SSSR count). The van der Waals surface area contributed by atoms with Crippen LogP contribution in [0.5, 0.6) is 0 Å². The average molecular weight is 281 g/mol. The van der Waals surface area contributed by atoms with Crippen LogP contribution in [-0.4, -0.2) is 56.4 Å². The van der Waals surface area contributed by atoms with Crippen LogP contribution in [0.4, 0.5) is 0 Å². The molecule has 0 spiro atoms. The van der Waals surface area contributed by atoms with Gasteiger partial charge in [0, 0.05) is 6.42 Å². The molecule has 0 aliphatic heterocycles. The summed E-state index contributed by atoms with van der Waals surface area (Å²) in [4.78, 5) is 9.49. The highest BCUT2D eigenvalue weighted by Gasteiger charge is 2.20. The third kappa shape index (κ3) is 13.1. The first-order valence-electron chi connectivity index (χ1n) is 5.41. The normalized spacial score (nSPS) is 13.2. The number of quaternary nitrogens is 1. The molecule has 0 fully saturated rings. The lowest BCUT2D eigenvalue weighted by atomic mass is 10.3. The van der Waals surface area contributed by atoms with Crippen molar-refractivity contribution in [3.63, 3.8) is 0 Å². The van der Waals surface area contributed by atoms with Crippen molar-refractivity contribution in [2.24, 2.45) is 0 Å². The zero-order valence-electron chi connectivity index (χ0n) is 11.6. The molecular weight excluding hydrogens is 258 g/mol. The van der Waals surface area contributed by atoms with E-state index in [9.17, 15) is 18.3 Å². The van der Waals surface area contributed by atoms with Gasteiger partial charge in [0.25, 0.3) is 10.1 Å². The van der Waals surface area contributed by atoms with E-state index in [1.54, 1.807) is 0 Å². The van der Waals surface area contributed by atoms with Gasteiger partial charge < -0.3 is 14.4 Å². The second kappa shape index (κ2) is 7.50. The van der Waals surface area contributed by atoms with Crippen LogP contribution in [0, 0.1) is 0 Å². The van der Waals surface area contributed by atoms with Gasteiger partial charge in [-0.25, -0.2) is 0 Å². The van der Waals surface area contributed by atoms with Crippen LogP contribution in [0.25, 0.3) is 0 Å². The fourth-order valence-corrected chi connectivity index (χ4v) is 1.12. The number of hydrogen-bond donors (Lipinski definition) is 1. The van der Waals surface area contributed by atoms with Gasteiger partial charge in [0.1, 0.15) is 0 Å². The Bertz CT molecular complexity index is 369. The highest BCUT2D eigenvalue weighted by atomic mass is 32.2. The third-order valence-electron chi connectivity index (χ3n) is 2.06. The zero-order chi connectivity index (χ0) is 15.1. The number of nitrogens with zero attached hydrogens (tertiary/aromatic N) is 1. The standard InChI is InChI=1S/C7H17NO3S.C4H6O2/c1-7(12(9,10)11)5-6-8(2,3)4;1-3(2)4(5)6/h7H,5-6H2,1-4H3;1H2,2H3,(H,5,6). The first-order chi connectivity index (χ1) is 7.77. The molecule has 0 aliphatic carbocycles. The molecule has 6 nitrogen and oxygen atoms in total. The number of carbonyl (C=O) groups is 1. The first kappa shape index (κ1) is 19.4. The molecule has 7 heteroatoms. The second-order valence-corrected chi connectivity index (χ2v) is 7.03. The van der Waals surface area contributed by atoms with Gasteiger partial charge in [0.15, 0.2) is 0 Å². The Hall–Kier alpha value is -0.920. The van der Waals surface area contributed by atoms with E-state index < -0.39 is 21.3 Å². The van der Waals surface area contributed by atoms with Crippen molar-refractivity contribution in [1.82, 2.24) is 0 Å². The summed E-state index contributed by atoms with van der Waals surface area (Å²) in [5.41, 5.74) is 0.0648. The van der Waals surface area contributed by atoms with E-state index in [4.69, 9.17) is 4.55 Å². The van der Waals surface area contributed by atoms with Gasteiger partial charge in [-0.3, -0.25) is 4.55 Å². The first-order valence-corrected chi connectivity index (χ1v) is 6.91. The maximum absolute atomic E-state index is 10.6. The summed E-state index contributed by atoms with van der Waals surface area (Å²) in [7, 11) is 2.11. The highest BCUT2D eigenvalue weighted by Crippen LogP contribution is 2.05. The zero-order valence-corrected chi connectivity index (χ0v) is 12.5. The van der Waals surface area contributed by atoms with E-state index in [1.807, 2.05) is 21.1 Å². The molecule has 0 aromatic carbocycles. The number of carbonyl (C=O) groups excluding carboxylic acids is 1. The summed E-state index contributed by atoms with van der Waals surface area (Å²) < 4.78 is 30.5. The van der Waals surface area contributed by atoms with E-state index in [2.05, 4.69) is 6.58 Å².